The minimum Gasteiger partial charge on any atom is -0.461 e. The van der Waals surface area contributed by atoms with Gasteiger partial charge >= 0.3 is 12.0 Å². The molecule has 12 nitrogen and oxygen atoms in total. The number of nitrogens with one attached hydrogen (secondary N) is 2. The number of carbonyl (C=O) groups is 7. The Morgan fingerprint density at radius 3 is 2.24 bits per heavy atom. The summed E-state index contributed by atoms with van der Waals surface area (Å²) in [5, 5.41) is 5.35. The first kappa shape index (κ1) is 37.1. The second-order valence-electron chi connectivity index (χ2n) is 12.1. The Kier molecular flexibility index (Phi) is 15.4. The molecule has 1 heterocycles. The first-order valence-corrected chi connectivity index (χ1v) is 15.7. The number of hydrogen-bond donors (Lipinski definition) is 3. The molecule has 0 aromatic heterocycles. The van der Waals surface area contributed by atoms with Gasteiger partial charge in [-0.15, -0.1) is 0 Å². The molecule has 1 aliphatic heterocycles. The van der Waals surface area contributed by atoms with Crippen molar-refractivity contribution in [1.29, 1.82) is 0 Å². The maximum atomic E-state index is 13.4. The Morgan fingerprint density at radius 2 is 1.67 bits per heavy atom. The number of amides is 5. The van der Waals surface area contributed by atoms with Gasteiger partial charge in [0.2, 0.25) is 17.7 Å². The smallest absolute Gasteiger partial charge is 0.312 e. The molecule has 248 valence electrons. The van der Waals surface area contributed by atoms with Gasteiger partial charge in [-0.3, -0.25) is 33.7 Å². The van der Waals surface area contributed by atoms with Gasteiger partial charge in [-0.05, 0) is 42.7 Å². The van der Waals surface area contributed by atoms with Crippen LogP contribution in [0.1, 0.15) is 90.2 Å². The van der Waals surface area contributed by atoms with Gasteiger partial charge in [0, 0.05) is 57.5 Å². The van der Waals surface area contributed by atoms with Gasteiger partial charge < -0.3 is 21.1 Å². The standard InChI is InChI=1S/C33H48N4O8/c1-21(2)27(19-26(39)9-6-5-7-16-37-30(41)17-22(3)32(37)43)31(42)36-28(10-8-15-35-33(34)44)29(40)18-24-11-13-25(14-12-24)20-45-23(4)38/h11-14,21-22,27-28H,5-10,15-20H2,1-4H3,(H,36,42)(H3,34,35,44)/t22?,27-,28-/m0/s1. The second-order valence-corrected chi connectivity index (χ2v) is 12.1. The number of esters is 1. The van der Waals surface area contributed by atoms with E-state index in [1.165, 1.54) is 11.8 Å². The highest BCUT2D eigenvalue weighted by molar-refractivity contribution is 6.03. The molecule has 1 aliphatic rings. The van der Waals surface area contributed by atoms with E-state index in [0.29, 0.717) is 32.2 Å². The topological polar surface area (TPSA) is 182 Å². The number of ketones is 2. The zero-order valence-electron chi connectivity index (χ0n) is 26.9. The molecule has 1 unspecified atom stereocenters. The molecule has 0 radical (unpaired) electrons. The van der Waals surface area contributed by atoms with Crippen LogP contribution in [0.25, 0.3) is 0 Å². The van der Waals surface area contributed by atoms with Gasteiger partial charge in [-0.2, -0.15) is 0 Å². The van der Waals surface area contributed by atoms with Crippen LogP contribution in [-0.4, -0.2) is 65.3 Å². The lowest BCUT2D eigenvalue weighted by molar-refractivity contribution is -0.142. The summed E-state index contributed by atoms with van der Waals surface area (Å²) in [7, 11) is 0. The lowest BCUT2D eigenvalue weighted by Gasteiger charge is -2.24. The van der Waals surface area contributed by atoms with Crippen LogP contribution >= 0.6 is 0 Å². The molecule has 1 aromatic carbocycles. The van der Waals surface area contributed by atoms with Crippen molar-refractivity contribution in [2.24, 2.45) is 23.5 Å². The predicted octanol–water partition coefficient (Wildman–Crippen LogP) is 2.98. The third kappa shape index (κ3) is 13.2. The quantitative estimate of drug-likeness (QED) is 0.112. The number of Topliss-reactive ketones (excluding diaryl/α,β-unsaturated/α-hetero) is 2. The van der Waals surface area contributed by atoms with E-state index in [1.54, 1.807) is 31.2 Å². The van der Waals surface area contributed by atoms with Gasteiger partial charge in [-0.1, -0.05) is 51.5 Å². The molecule has 1 aromatic rings. The van der Waals surface area contributed by atoms with Crippen molar-refractivity contribution >= 4 is 41.3 Å². The van der Waals surface area contributed by atoms with Crippen molar-refractivity contribution in [3.8, 4) is 0 Å². The van der Waals surface area contributed by atoms with Gasteiger partial charge in [0.25, 0.3) is 0 Å². The first-order valence-electron chi connectivity index (χ1n) is 15.7. The van der Waals surface area contributed by atoms with Crippen molar-refractivity contribution in [3.05, 3.63) is 35.4 Å². The first-order chi connectivity index (χ1) is 21.3. The molecule has 1 fully saturated rings. The average Bonchev–Trinajstić information content (AvgIpc) is 3.21. The average molecular weight is 629 g/mol. The number of urea groups is 1. The van der Waals surface area contributed by atoms with Gasteiger partial charge in [0.1, 0.15) is 12.4 Å². The summed E-state index contributed by atoms with van der Waals surface area (Å²) in [4.78, 5) is 87.0. The fraction of sp³-hybridized carbons (Fsp3) is 0.606. The van der Waals surface area contributed by atoms with Crippen molar-refractivity contribution in [2.75, 3.05) is 13.1 Å². The fourth-order valence-electron chi connectivity index (χ4n) is 5.20. The Labute approximate surface area is 265 Å². The molecular formula is C33H48N4O8. The molecule has 0 saturated carbocycles. The number of hydrogen-bond acceptors (Lipinski definition) is 8. The minimum atomic E-state index is -0.831. The number of primary amides is 1. The van der Waals surface area contributed by atoms with E-state index in [1.807, 2.05) is 13.8 Å². The number of likely N-dealkylation sites (tertiary alicyclic amines) is 1. The van der Waals surface area contributed by atoms with E-state index < -0.39 is 18.0 Å². The molecule has 0 aliphatic carbocycles. The molecule has 2 rings (SSSR count). The van der Waals surface area contributed by atoms with Crippen LogP contribution in [0.4, 0.5) is 4.79 Å². The zero-order valence-corrected chi connectivity index (χ0v) is 26.9. The molecule has 5 amide bonds. The third-order valence-electron chi connectivity index (χ3n) is 7.91. The highest BCUT2D eigenvalue weighted by Gasteiger charge is 2.35. The monoisotopic (exact) mass is 628 g/mol. The maximum absolute atomic E-state index is 13.4. The van der Waals surface area contributed by atoms with Crippen LogP contribution in [0.15, 0.2) is 24.3 Å². The number of ether oxygens (including phenoxy) is 1. The van der Waals surface area contributed by atoms with Crippen LogP contribution in [0, 0.1) is 17.8 Å². The van der Waals surface area contributed by atoms with Crippen LogP contribution in [-0.2, 0) is 46.5 Å². The Bertz CT molecular complexity index is 1210. The van der Waals surface area contributed by atoms with Crippen molar-refractivity contribution in [2.45, 2.75) is 98.1 Å². The Hall–Kier alpha value is -4.09. The number of benzene rings is 1. The molecule has 1 saturated heterocycles. The van der Waals surface area contributed by atoms with Crippen LogP contribution < -0.4 is 16.4 Å². The van der Waals surface area contributed by atoms with E-state index in [4.69, 9.17) is 10.5 Å². The van der Waals surface area contributed by atoms with Crippen LogP contribution in [0.3, 0.4) is 0 Å². The van der Waals surface area contributed by atoms with Crippen molar-refractivity contribution in [3.63, 3.8) is 0 Å². The van der Waals surface area contributed by atoms with E-state index in [2.05, 4.69) is 10.6 Å². The molecule has 0 spiro atoms. The highest BCUT2D eigenvalue weighted by atomic mass is 16.5. The normalized spacial score (nSPS) is 15.9. The lowest BCUT2D eigenvalue weighted by Crippen LogP contribution is -2.46. The summed E-state index contributed by atoms with van der Waals surface area (Å²) in [5.41, 5.74) is 6.65. The fourth-order valence-corrected chi connectivity index (χ4v) is 5.20. The van der Waals surface area contributed by atoms with E-state index in [9.17, 15) is 33.6 Å². The maximum Gasteiger partial charge on any atom is 0.312 e. The summed E-state index contributed by atoms with van der Waals surface area (Å²) >= 11 is 0. The largest absolute Gasteiger partial charge is 0.461 e. The van der Waals surface area contributed by atoms with Crippen LogP contribution in [0.5, 0.6) is 0 Å². The summed E-state index contributed by atoms with van der Waals surface area (Å²) in [6, 6.07) is 5.55. The molecular weight excluding hydrogens is 580 g/mol. The number of nitrogens with two attached hydrogens (primary N) is 1. The molecule has 3 atom stereocenters. The molecule has 12 heteroatoms. The Morgan fingerprint density at radius 1 is 1.00 bits per heavy atom. The summed E-state index contributed by atoms with van der Waals surface area (Å²) in [5.74, 6) is -2.38. The van der Waals surface area contributed by atoms with Crippen molar-refractivity contribution < 1.29 is 38.3 Å². The SMILES string of the molecule is CC(=O)OCc1ccc(CC(=O)[C@H](CCCNC(N)=O)NC(=O)[C@@H](CC(=O)CCCCCN2C(=O)CC(C)C2=O)C(C)C)cc1. The number of nitrogens with zero attached hydrogens (tertiary/aromatic N) is 1. The van der Waals surface area contributed by atoms with E-state index >= 15 is 0 Å². The summed E-state index contributed by atoms with van der Waals surface area (Å²) in [6.45, 7) is 7.51. The van der Waals surface area contributed by atoms with Gasteiger partial charge in [0.15, 0.2) is 5.78 Å². The number of unbranched alkanes of at least 4 members (excludes halogenated alkanes) is 2. The summed E-state index contributed by atoms with van der Waals surface area (Å²) in [6.07, 6.45) is 3.19. The molecule has 45 heavy (non-hydrogen) atoms. The number of rotatable bonds is 20. The minimum absolute atomic E-state index is 0.0397. The van der Waals surface area contributed by atoms with Gasteiger partial charge in [-0.25, -0.2) is 4.79 Å². The van der Waals surface area contributed by atoms with E-state index in [0.717, 1.165) is 11.1 Å². The zero-order chi connectivity index (χ0) is 33.5. The molecule has 0 bridgehead atoms. The third-order valence-corrected chi connectivity index (χ3v) is 7.91. The van der Waals surface area contributed by atoms with E-state index in [-0.39, 0.29) is 92.3 Å². The van der Waals surface area contributed by atoms with Crippen molar-refractivity contribution in [1.82, 2.24) is 15.5 Å². The number of carbonyl (C=O) groups excluding carboxylic acids is 7. The molecule has 4 N–H and O–H groups in total. The number of imide groups is 1. The second kappa shape index (κ2) is 18.7. The Balaban J connectivity index is 1.93. The lowest BCUT2D eigenvalue weighted by atomic mass is 9.88. The summed E-state index contributed by atoms with van der Waals surface area (Å²) < 4.78 is 4.99. The highest BCUT2D eigenvalue weighted by Crippen LogP contribution is 2.21. The predicted molar refractivity (Wildman–Crippen MR) is 166 cm³/mol. The van der Waals surface area contributed by atoms with Crippen LogP contribution in [0.2, 0.25) is 0 Å². The van der Waals surface area contributed by atoms with Gasteiger partial charge in [0.05, 0.1) is 6.04 Å².